The number of carbonyl (C=O) groups excluding carboxylic acids is 2. The number of hydrogen-bond acceptors (Lipinski definition) is 3. The Labute approximate surface area is 339 Å². The lowest BCUT2D eigenvalue weighted by Gasteiger charge is -2.16. The summed E-state index contributed by atoms with van der Waals surface area (Å²) >= 11 is 0. The van der Waals surface area contributed by atoms with Crippen molar-refractivity contribution in [1.82, 2.24) is 5.32 Å². The molecule has 0 saturated heterocycles. The number of unbranched alkanes of at least 4 members (excludes halogenated alkanes) is 37. The predicted molar refractivity (Wildman–Crippen MR) is 239 cm³/mol. The zero-order chi connectivity index (χ0) is 39.3. The Bertz CT molecular complexity index is 739. The van der Waals surface area contributed by atoms with Crippen LogP contribution in [0.15, 0.2) is 0 Å². The van der Waals surface area contributed by atoms with E-state index >= 15 is 0 Å². The Morgan fingerprint density at radius 3 is 0.870 bits per heavy atom. The summed E-state index contributed by atoms with van der Waals surface area (Å²) in [7, 11) is 0. The van der Waals surface area contributed by atoms with Crippen LogP contribution < -0.4 is 5.32 Å². The molecule has 0 aromatic carbocycles. The fourth-order valence-electron chi connectivity index (χ4n) is 8.11. The highest BCUT2D eigenvalue weighted by Crippen LogP contribution is 2.17. The van der Waals surface area contributed by atoms with Crippen LogP contribution in [0.5, 0.6) is 0 Å². The number of rotatable bonds is 47. The fraction of sp³-hybridized carbons (Fsp3) is 0.960. The van der Waals surface area contributed by atoms with Crippen LogP contribution >= 0.6 is 0 Å². The van der Waals surface area contributed by atoms with E-state index in [0.717, 1.165) is 51.4 Å². The van der Waals surface area contributed by atoms with Crippen LogP contribution in [0.25, 0.3) is 0 Å². The zero-order valence-electron chi connectivity index (χ0n) is 37.2. The van der Waals surface area contributed by atoms with Crippen molar-refractivity contribution >= 4 is 11.7 Å². The van der Waals surface area contributed by atoms with Gasteiger partial charge in [-0.15, -0.1) is 0 Å². The van der Waals surface area contributed by atoms with Crippen molar-refractivity contribution in [2.45, 2.75) is 302 Å². The van der Waals surface area contributed by atoms with Crippen LogP contribution in [0, 0.1) is 0 Å². The third kappa shape index (κ3) is 43.8. The quantitative estimate of drug-likeness (QED) is 0.0607. The molecular weight excluding hydrogens is 663 g/mol. The van der Waals surface area contributed by atoms with E-state index in [4.69, 9.17) is 0 Å². The summed E-state index contributed by atoms with van der Waals surface area (Å²) in [6, 6.07) is -0.0673. The standard InChI is InChI=1S/C50H99NO3/c1-3-5-7-9-11-13-15-16-17-18-20-24-27-31-35-39-43-48(47-52)51-50(54)46-42-38-34-30-26-22-19-21-25-29-33-37-41-45-49(53)44-40-36-32-28-23-14-12-10-8-6-4-2/h48,52H,3-47H2,1-2H3,(H,51,54). The average molecular weight is 762 g/mol. The van der Waals surface area contributed by atoms with E-state index in [2.05, 4.69) is 19.2 Å². The van der Waals surface area contributed by atoms with E-state index in [1.165, 1.54) is 225 Å². The molecule has 0 spiro atoms. The van der Waals surface area contributed by atoms with Crippen molar-refractivity contribution in [3.05, 3.63) is 0 Å². The number of amides is 1. The van der Waals surface area contributed by atoms with Crippen LogP contribution in [0.1, 0.15) is 296 Å². The highest BCUT2D eigenvalue weighted by Gasteiger charge is 2.11. The summed E-state index contributed by atoms with van der Waals surface area (Å²) in [5.74, 6) is 0.622. The second kappa shape index (κ2) is 46.5. The van der Waals surface area contributed by atoms with Gasteiger partial charge in [-0.3, -0.25) is 9.59 Å². The number of Topliss-reactive ketones (excluding diaryl/α,β-unsaturated/α-hetero) is 1. The van der Waals surface area contributed by atoms with Crippen LogP contribution in [0.3, 0.4) is 0 Å². The molecule has 4 nitrogen and oxygen atoms in total. The van der Waals surface area contributed by atoms with Crippen molar-refractivity contribution in [1.29, 1.82) is 0 Å². The van der Waals surface area contributed by atoms with E-state index in [9.17, 15) is 14.7 Å². The summed E-state index contributed by atoms with van der Waals surface area (Å²) in [5, 5.41) is 12.8. The van der Waals surface area contributed by atoms with Crippen molar-refractivity contribution in [2.75, 3.05) is 6.61 Å². The molecule has 0 bridgehead atoms. The maximum Gasteiger partial charge on any atom is 0.220 e. The molecule has 0 heterocycles. The van der Waals surface area contributed by atoms with E-state index in [1.54, 1.807) is 0 Å². The summed E-state index contributed by atoms with van der Waals surface area (Å²) in [6.07, 6.45) is 56.0. The number of aliphatic hydroxyl groups excluding tert-OH is 1. The molecule has 4 heteroatoms. The molecule has 0 saturated carbocycles. The van der Waals surface area contributed by atoms with Crippen molar-refractivity contribution in [2.24, 2.45) is 0 Å². The molecular formula is C50H99NO3. The molecule has 1 unspecified atom stereocenters. The SMILES string of the molecule is CCCCCCCCCCCCCCCCCCC(CO)NC(=O)CCCCCCCCCCCCCCCC(=O)CCCCCCCCCCCCC. The molecule has 0 aliphatic heterocycles. The number of nitrogens with one attached hydrogen (secondary N) is 1. The molecule has 54 heavy (non-hydrogen) atoms. The Balaban J connectivity index is 3.37. The molecule has 0 radical (unpaired) electrons. The molecule has 0 aliphatic carbocycles. The molecule has 1 amide bonds. The third-order valence-electron chi connectivity index (χ3n) is 11.9. The lowest BCUT2D eigenvalue weighted by molar-refractivity contribution is -0.122. The van der Waals surface area contributed by atoms with Crippen LogP contribution in [0.4, 0.5) is 0 Å². The minimum absolute atomic E-state index is 0.0605. The number of ketones is 1. The molecule has 0 fully saturated rings. The number of hydrogen-bond donors (Lipinski definition) is 2. The van der Waals surface area contributed by atoms with Gasteiger partial charge in [0.05, 0.1) is 12.6 Å². The highest BCUT2D eigenvalue weighted by atomic mass is 16.3. The smallest absolute Gasteiger partial charge is 0.220 e. The second-order valence-corrected chi connectivity index (χ2v) is 17.5. The first-order chi connectivity index (χ1) is 26.6. The fourth-order valence-corrected chi connectivity index (χ4v) is 8.11. The lowest BCUT2D eigenvalue weighted by atomic mass is 10.0. The molecule has 2 N–H and O–H groups in total. The van der Waals surface area contributed by atoms with Crippen molar-refractivity contribution in [3.8, 4) is 0 Å². The van der Waals surface area contributed by atoms with E-state index < -0.39 is 0 Å². The monoisotopic (exact) mass is 762 g/mol. The number of aliphatic hydroxyl groups is 1. The van der Waals surface area contributed by atoms with Gasteiger partial charge in [0.25, 0.3) is 0 Å². The third-order valence-corrected chi connectivity index (χ3v) is 11.9. The van der Waals surface area contributed by atoms with E-state index in [0.29, 0.717) is 12.2 Å². The highest BCUT2D eigenvalue weighted by molar-refractivity contribution is 5.78. The average Bonchev–Trinajstić information content (AvgIpc) is 3.17. The summed E-state index contributed by atoms with van der Waals surface area (Å²) in [5.41, 5.74) is 0. The Kier molecular flexibility index (Phi) is 45.7. The largest absolute Gasteiger partial charge is 0.394 e. The summed E-state index contributed by atoms with van der Waals surface area (Å²) in [4.78, 5) is 24.6. The first-order valence-electron chi connectivity index (χ1n) is 25.1. The molecule has 0 aliphatic rings. The molecule has 1 atom stereocenters. The molecule has 0 rings (SSSR count). The van der Waals surface area contributed by atoms with Gasteiger partial charge in [0.15, 0.2) is 0 Å². The van der Waals surface area contributed by atoms with Gasteiger partial charge >= 0.3 is 0 Å². The van der Waals surface area contributed by atoms with Crippen molar-refractivity contribution < 1.29 is 14.7 Å². The zero-order valence-corrected chi connectivity index (χ0v) is 37.2. The maximum atomic E-state index is 12.4. The second-order valence-electron chi connectivity index (χ2n) is 17.5. The van der Waals surface area contributed by atoms with Crippen LogP contribution in [-0.2, 0) is 9.59 Å². The first-order valence-corrected chi connectivity index (χ1v) is 25.1. The van der Waals surface area contributed by atoms with Gasteiger partial charge in [-0.1, -0.05) is 251 Å². The predicted octanol–water partition coefficient (Wildman–Crippen LogP) is 16.2. The first kappa shape index (κ1) is 53.1. The van der Waals surface area contributed by atoms with Gasteiger partial charge in [-0.2, -0.15) is 0 Å². The van der Waals surface area contributed by atoms with Gasteiger partial charge < -0.3 is 10.4 Å². The van der Waals surface area contributed by atoms with Gasteiger partial charge in [-0.05, 0) is 25.7 Å². The van der Waals surface area contributed by atoms with E-state index in [1.807, 2.05) is 0 Å². The Morgan fingerprint density at radius 1 is 0.352 bits per heavy atom. The molecule has 322 valence electrons. The minimum atomic E-state index is -0.0673. The van der Waals surface area contributed by atoms with Crippen molar-refractivity contribution in [3.63, 3.8) is 0 Å². The van der Waals surface area contributed by atoms with E-state index in [-0.39, 0.29) is 18.6 Å². The number of carbonyl (C=O) groups is 2. The topological polar surface area (TPSA) is 66.4 Å². The summed E-state index contributed by atoms with van der Waals surface area (Å²) < 4.78 is 0. The Morgan fingerprint density at radius 2 is 0.593 bits per heavy atom. The molecule has 0 aromatic heterocycles. The van der Waals surface area contributed by atoms with Crippen LogP contribution in [-0.4, -0.2) is 29.4 Å². The maximum absolute atomic E-state index is 12.4. The minimum Gasteiger partial charge on any atom is -0.394 e. The van der Waals surface area contributed by atoms with Gasteiger partial charge in [-0.25, -0.2) is 0 Å². The molecule has 0 aromatic rings. The van der Waals surface area contributed by atoms with Gasteiger partial charge in [0, 0.05) is 19.3 Å². The Hall–Kier alpha value is -0.900. The van der Waals surface area contributed by atoms with Gasteiger partial charge in [0.1, 0.15) is 5.78 Å². The van der Waals surface area contributed by atoms with Crippen LogP contribution in [0.2, 0.25) is 0 Å². The summed E-state index contributed by atoms with van der Waals surface area (Å²) in [6.45, 7) is 4.63. The lowest BCUT2D eigenvalue weighted by Crippen LogP contribution is -2.37. The van der Waals surface area contributed by atoms with Gasteiger partial charge in [0.2, 0.25) is 5.91 Å². The normalized spacial score (nSPS) is 12.1.